The van der Waals surface area contributed by atoms with Gasteiger partial charge in [-0.1, -0.05) is 6.07 Å². The highest BCUT2D eigenvalue weighted by molar-refractivity contribution is 5.70. The number of ether oxygens (including phenoxy) is 1. The lowest BCUT2D eigenvalue weighted by molar-refractivity contribution is 0.417. The molecule has 18 heavy (non-hydrogen) atoms. The van der Waals surface area contributed by atoms with Gasteiger partial charge in [0.05, 0.1) is 12.8 Å². The van der Waals surface area contributed by atoms with Gasteiger partial charge in [0.15, 0.2) is 0 Å². The van der Waals surface area contributed by atoms with Crippen molar-refractivity contribution in [3.63, 3.8) is 0 Å². The molecule has 2 aromatic rings. The summed E-state index contributed by atoms with van der Waals surface area (Å²) in [6.07, 6.45) is 1.55. The lowest BCUT2D eigenvalue weighted by Crippen LogP contribution is -2.08. The number of methoxy groups -OCH3 is 1. The zero-order valence-electron chi connectivity index (χ0n) is 9.73. The summed E-state index contributed by atoms with van der Waals surface area (Å²) in [7, 11) is 1.54. The van der Waals surface area contributed by atoms with E-state index in [2.05, 4.69) is 4.98 Å². The third kappa shape index (κ3) is 2.04. The van der Waals surface area contributed by atoms with Crippen molar-refractivity contribution in [3.05, 3.63) is 46.4 Å². The SMILES string of the molecule is COc1ccc(-c2c[nH]c(=O)c(C#N)c2)cc1N. The Bertz CT molecular complexity index is 683. The molecule has 2 rings (SSSR count). The molecular formula is C13H11N3O2. The van der Waals surface area contributed by atoms with E-state index in [0.717, 1.165) is 11.1 Å². The number of H-pyrrole nitrogens is 1. The number of pyridine rings is 1. The molecule has 1 aromatic carbocycles. The quantitative estimate of drug-likeness (QED) is 0.779. The van der Waals surface area contributed by atoms with Crippen LogP contribution in [0.2, 0.25) is 0 Å². The minimum atomic E-state index is -0.400. The van der Waals surface area contributed by atoms with Gasteiger partial charge in [-0.05, 0) is 29.3 Å². The Morgan fingerprint density at radius 3 is 2.72 bits per heavy atom. The maximum absolute atomic E-state index is 11.3. The van der Waals surface area contributed by atoms with Gasteiger partial charge in [0.25, 0.3) is 5.56 Å². The van der Waals surface area contributed by atoms with E-state index in [4.69, 9.17) is 15.7 Å². The van der Waals surface area contributed by atoms with Crippen molar-refractivity contribution >= 4 is 5.69 Å². The fourth-order valence-corrected chi connectivity index (χ4v) is 1.65. The predicted molar refractivity (Wildman–Crippen MR) is 68.2 cm³/mol. The van der Waals surface area contributed by atoms with E-state index in [0.29, 0.717) is 11.4 Å². The second-order valence-electron chi connectivity index (χ2n) is 3.70. The van der Waals surface area contributed by atoms with Crippen LogP contribution in [0, 0.1) is 11.3 Å². The van der Waals surface area contributed by atoms with E-state index >= 15 is 0 Å². The van der Waals surface area contributed by atoms with Gasteiger partial charge in [-0.25, -0.2) is 0 Å². The third-order valence-corrected chi connectivity index (χ3v) is 2.59. The smallest absolute Gasteiger partial charge is 0.265 e. The zero-order chi connectivity index (χ0) is 13.1. The first-order chi connectivity index (χ1) is 8.65. The fourth-order valence-electron chi connectivity index (χ4n) is 1.65. The summed E-state index contributed by atoms with van der Waals surface area (Å²) >= 11 is 0. The summed E-state index contributed by atoms with van der Waals surface area (Å²) in [5, 5.41) is 8.81. The number of aromatic amines is 1. The normalized spacial score (nSPS) is 9.78. The largest absolute Gasteiger partial charge is 0.495 e. The Balaban J connectivity index is 2.53. The van der Waals surface area contributed by atoms with Crippen molar-refractivity contribution in [2.75, 3.05) is 12.8 Å². The maximum atomic E-state index is 11.3. The van der Waals surface area contributed by atoms with Crippen LogP contribution in [-0.2, 0) is 0 Å². The number of anilines is 1. The number of benzene rings is 1. The average Bonchev–Trinajstić information content (AvgIpc) is 2.39. The number of nitrogens with one attached hydrogen (secondary N) is 1. The van der Waals surface area contributed by atoms with Crippen LogP contribution in [0.15, 0.2) is 35.3 Å². The van der Waals surface area contributed by atoms with E-state index in [1.165, 1.54) is 6.07 Å². The lowest BCUT2D eigenvalue weighted by Gasteiger charge is -2.07. The molecule has 1 aromatic heterocycles. The van der Waals surface area contributed by atoms with Crippen molar-refractivity contribution < 1.29 is 4.74 Å². The first-order valence-electron chi connectivity index (χ1n) is 5.22. The van der Waals surface area contributed by atoms with E-state index in [9.17, 15) is 4.79 Å². The standard InChI is InChI=1S/C13H11N3O2/c1-18-12-3-2-8(5-11(12)15)10-4-9(6-14)13(17)16-7-10/h2-5,7H,15H2,1H3,(H,16,17). The van der Waals surface area contributed by atoms with Crippen molar-refractivity contribution in [1.82, 2.24) is 4.98 Å². The van der Waals surface area contributed by atoms with Crippen LogP contribution in [-0.4, -0.2) is 12.1 Å². The minimum Gasteiger partial charge on any atom is -0.495 e. The maximum Gasteiger partial charge on any atom is 0.265 e. The van der Waals surface area contributed by atoms with Gasteiger partial charge in [0, 0.05) is 6.20 Å². The van der Waals surface area contributed by atoms with Crippen LogP contribution in [0.4, 0.5) is 5.69 Å². The van der Waals surface area contributed by atoms with E-state index < -0.39 is 5.56 Å². The van der Waals surface area contributed by atoms with Crippen LogP contribution >= 0.6 is 0 Å². The Kier molecular flexibility index (Phi) is 3.02. The highest BCUT2D eigenvalue weighted by atomic mass is 16.5. The molecule has 0 saturated carbocycles. The van der Waals surface area contributed by atoms with Crippen molar-refractivity contribution in [2.24, 2.45) is 0 Å². The summed E-state index contributed by atoms with van der Waals surface area (Å²) in [6, 6.07) is 8.65. The number of aromatic nitrogens is 1. The molecule has 0 unspecified atom stereocenters. The van der Waals surface area contributed by atoms with Gasteiger partial charge in [-0.3, -0.25) is 4.79 Å². The number of rotatable bonds is 2. The first-order valence-corrected chi connectivity index (χ1v) is 5.22. The van der Waals surface area contributed by atoms with Crippen molar-refractivity contribution in [1.29, 1.82) is 5.26 Å². The van der Waals surface area contributed by atoms with Crippen LogP contribution in [0.5, 0.6) is 5.75 Å². The molecule has 0 atom stereocenters. The van der Waals surface area contributed by atoms with Gasteiger partial charge >= 0.3 is 0 Å². The summed E-state index contributed by atoms with van der Waals surface area (Å²) in [5.41, 5.74) is 7.51. The fraction of sp³-hybridized carbons (Fsp3) is 0.0769. The number of nitrogen functional groups attached to an aromatic ring is 1. The van der Waals surface area contributed by atoms with Gasteiger partial charge < -0.3 is 15.5 Å². The highest BCUT2D eigenvalue weighted by Crippen LogP contribution is 2.27. The molecule has 0 fully saturated rings. The number of hydrogen-bond acceptors (Lipinski definition) is 4. The highest BCUT2D eigenvalue weighted by Gasteiger charge is 2.05. The topological polar surface area (TPSA) is 91.9 Å². The Morgan fingerprint density at radius 1 is 1.33 bits per heavy atom. The first kappa shape index (κ1) is 11.7. The monoisotopic (exact) mass is 241 g/mol. The number of nitrogens with two attached hydrogens (primary N) is 1. The van der Waals surface area contributed by atoms with E-state index in [1.54, 1.807) is 25.4 Å². The van der Waals surface area contributed by atoms with Gasteiger partial charge in [-0.15, -0.1) is 0 Å². The molecule has 1 heterocycles. The summed E-state index contributed by atoms with van der Waals surface area (Å²) in [6.45, 7) is 0. The van der Waals surface area contributed by atoms with Crippen LogP contribution in [0.3, 0.4) is 0 Å². The summed E-state index contributed by atoms with van der Waals surface area (Å²) < 4.78 is 5.06. The van der Waals surface area contributed by atoms with Gasteiger partial charge in [0.1, 0.15) is 17.4 Å². The molecule has 90 valence electrons. The second kappa shape index (κ2) is 4.63. The molecule has 0 aliphatic carbocycles. The minimum absolute atomic E-state index is 0.0712. The second-order valence-corrected chi connectivity index (χ2v) is 3.70. The molecule has 0 saturated heterocycles. The van der Waals surface area contributed by atoms with Crippen LogP contribution < -0.4 is 16.0 Å². The molecule has 0 bridgehead atoms. The van der Waals surface area contributed by atoms with Gasteiger partial charge in [0.2, 0.25) is 0 Å². The number of hydrogen-bond donors (Lipinski definition) is 2. The molecular weight excluding hydrogens is 230 g/mol. The van der Waals surface area contributed by atoms with E-state index in [-0.39, 0.29) is 5.56 Å². The van der Waals surface area contributed by atoms with Crippen molar-refractivity contribution in [2.45, 2.75) is 0 Å². The summed E-state index contributed by atoms with van der Waals surface area (Å²) in [5.74, 6) is 0.587. The Labute approximate surface area is 103 Å². The molecule has 0 amide bonds. The molecule has 5 heteroatoms. The van der Waals surface area contributed by atoms with Crippen LogP contribution in [0.1, 0.15) is 5.56 Å². The van der Waals surface area contributed by atoms with Crippen molar-refractivity contribution in [3.8, 4) is 22.9 Å². The molecule has 0 aliphatic heterocycles. The Hall–Kier alpha value is -2.74. The van der Waals surface area contributed by atoms with Crippen LogP contribution in [0.25, 0.3) is 11.1 Å². The molecule has 0 aliphatic rings. The van der Waals surface area contributed by atoms with Gasteiger partial charge in [-0.2, -0.15) is 5.26 Å². The van der Waals surface area contributed by atoms with E-state index in [1.807, 2.05) is 12.1 Å². The number of nitrogens with zero attached hydrogens (tertiary/aromatic N) is 1. The molecule has 0 radical (unpaired) electrons. The molecule has 0 spiro atoms. The predicted octanol–water partition coefficient (Wildman–Crippen LogP) is 1.50. The number of nitriles is 1. The average molecular weight is 241 g/mol. The lowest BCUT2D eigenvalue weighted by atomic mass is 10.1. The molecule has 3 N–H and O–H groups in total. The molecule has 5 nitrogen and oxygen atoms in total. The third-order valence-electron chi connectivity index (χ3n) is 2.59. The Morgan fingerprint density at radius 2 is 2.11 bits per heavy atom. The summed E-state index contributed by atoms with van der Waals surface area (Å²) in [4.78, 5) is 13.8. The zero-order valence-corrected chi connectivity index (χ0v) is 9.73.